The van der Waals surface area contributed by atoms with Crippen LogP contribution < -0.4 is 10.6 Å². The number of hydrogen-bond acceptors (Lipinski definition) is 2. The summed E-state index contributed by atoms with van der Waals surface area (Å²) in [7, 11) is 2.13. The van der Waals surface area contributed by atoms with E-state index in [1.54, 1.807) is 0 Å². The zero-order chi connectivity index (χ0) is 18.3. The molecule has 0 aliphatic carbocycles. The van der Waals surface area contributed by atoms with Gasteiger partial charge in [-0.1, -0.05) is 12.1 Å². The molecule has 4 nitrogen and oxygen atoms in total. The van der Waals surface area contributed by atoms with E-state index in [-0.39, 0.29) is 0 Å². The molecule has 1 saturated heterocycles. The van der Waals surface area contributed by atoms with E-state index >= 15 is 0 Å². The van der Waals surface area contributed by atoms with E-state index in [1.165, 1.54) is 25.0 Å². The van der Waals surface area contributed by atoms with E-state index in [9.17, 15) is 13.2 Å². The Bertz CT molecular complexity index is 554. The number of nitrogens with zero attached hydrogens (tertiary/aromatic N) is 2. The predicted octanol–water partition coefficient (Wildman–Crippen LogP) is 3.10. The number of benzene rings is 1. The zero-order valence-corrected chi connectivity index (χ0v) is 14.9. The zero-order valence-electron chi connectivity index (χ0n) is 14.9. The van der Waals surface area contributed by atoms with Gasteiger partial charge in [-0.25, -0.2) is 4.99 Å². The van der Waals surface area contributed by atoms with Crippen molar-refractivity contribution in [2.75, 3.05) is 33.2 Å². The molecule has 0 aromatic heterocycles. The van der Waals surface area contributed by atoms with Gasteiger partial charge in [-0.05, 0) is 57.0 Å². The first kappa shape index (κ1) is 19.6. The summed E-state index contributed by atoms with van der Waals surface area (Å²) in [6.45, 7) is 6.15. The van der Waals surface area contributed by atoms with E-state index < -0.39 is 11.7 Å². The summed E-state index contributed by atoms with van der Waals surface area (Å²) >= 11 is 0. The molecular formula is C18H27F3N4. The highest BCUT2D eigenvalue weighted by molar-refractivity contribution is 5.79. The van der Waals surface area contributed by atoms with Gasteiger partial charge in [-0.2, -0.15) is 13.2 Å². The minimum Gasteiger partial charge on any atom is -0.357 e. The van der Waals surface area contributed by atoms with E-state index in [0.717, 1.165) is 43.9 Å². The SMILES string of the molecule is CCNC(=NCc1ccc(C(F)(F)F)cc1)NCC1CCCN(C)C1. The van der Waals surface area contributed by atoms with Crippen LogP contribution in [0.15, 0.2) is 29.3 Å². The Morgan fingerprint density at radius 2 is 1.96 bits per heavy atom. The lowest BCUT2D eigenvalue weighted by Gasteiger charge is -2.30. The van der Waals surface area contributed by atoms with Crippen molar-refractivity contribution in [3.05, 3.63) is 35.4 Å². The number of aliphatic imine (C=N–C) groups is 1. The number of alkyl halides is 3. The van der Waals surface area contributed by atoms with Crippen molar-refractivity contribution in [2.45, 2.75) is 32.5 Å². The van der Waals surface area contributed by atoms with Gasteiger partial charge in [-0.15, -0.1) is 0 Å². The number of guanidine groups is 1. The van der Waals surface area contributed by atoms with Crippen LogP contribution in [0.3, 0.4) is 0 Å². The molecule has 0 saturated carbocycles. The number of rotatable bonds is 5. The summed E-state index contributed by atoms with van der Waals surface area (Å²) in [6, 6.07) is 5.16. The fourth-order valence-electron chi connectivity index (χ4n) is 2.99. The highest BCUT2D eigenvalue weighted by Gasteiger charge is 2.29. The molecule has 0 spiro atoms. The molecule has 0 radical (unpaired) electrons. The van der Waals surface area contributed by atoms with Crippen molar-refractivity contribution in [3.8, 4) is 0 Å². The van der Waals surface area contributed by atoms with Crippen molar-refractivity contribution in [2.24, 2.45) is 10.9 Å². The van der Waals surface area contributed by atoms with Crippen LogP contribution in [0, 0.1) is 5.92 Å². The molecule has 1 aromatic carbocycles. The summed E-state index contributed by atoms with van der Waals surface area (Å²) in [6.07, 6.45) is -1.89. The third-order valence-corrected chi connectivity index (χ3v) is 4.33. The highest BCUT2D eigenvalue weighted by Crippen LogP contribution is 2.29. The summed E-state index contributed by atoms with van der Waals surface area (Å²) in [5.41, 5.74) is 0.120. The van der Waals surface area contributed by atoms with Gasteiger partial charge in [0.2, 0.25) is 0 Å². The molecule has 7 heteroatoms. The second-order valence-electron chi connectivity index (χ2n) is 6.54. The Hall–Kier alpha value is -1.76. The van der Waals surface area contributed by atoms with Crippen molar-refractivity contribution in [1.82, 2.24) is 15.5 Å². The van der Waals surface area contributed by atoms with Crippen LogP contribution in [0.5, 0.6) is 0 Å². The molecule has 1 aliphatic heterocycles. The normalized spacial score (nSPS) is 19.7. The maximum Gasteiger partial charge on any atom is 0.416 e. The number of nitrogens with one attached hydrogen (secondary N) is 2. The van der Waals surface area contributed by atoms with Gasteiger partial charge < -0.3 is 15.5 Å². The van der Waals surface area contributed by atoms with Crippen LogP contribution >= 0.6 is 0 Å². The molecule has 1 heterocycles. The Morgan fingerprint density at radius 1 is 1.24 bits per heavy atom. The van der Waals surface area contributed by atoms with Gasteiger partial charge in [0, 0.05) is 19.6 Å². The van der Waals surface area contributed by atoms with Gasteiger partial charge in [0.15, 0.2) is 5.96 Å². The van der Waals surface area contributed by atoms with E-state index in [2.05, 4.69) is 27.6 Å². The third kappa shape index (κ3) is 6.57. The molecule has 1 aliphatic rings. The number of hydrogen-bond donors (Lipinski definition) is 2. The molecule has 0 bridgehead atoms. The van der Waals surface area contributed by atoms with Gasteiger partial charge in [0.25, 0.3) is 0 Å². The second-order valence-corrected chi connectivity index (χ2v) is 6.54. The van der Waals surface area contributed by atoms with Crippen LogP contribution in [-0.4, -0.2) is 44.1 Å². The fourth-order valence-corrected chi connectivity index (χ4v) is 2.99. The monoisotopic (exact) mass is 356 g/mol. The molecule has 1 fully saturated rings. The second kappa shape index (κ2) is 9.08. The van der Waals surface area contributed by atoms with Crippen LogP contribution in [0.1, 0.15) is 30.9 Å². The topological polar surface area (TPSA) is 39.7 Å². The summed E-state index contributed by atoms with van der Waals surface area (Å²) in [5.74, 6) is 1.30. The average molecular weight is 356 g/mol. The minimum atomic E-state index is -4.30. The molecule has 2 rings (SSSR count). The maximum atomic E-state index is 12.6. The van der Waals surface area contributed by atoms with Crippen LogP contribution in [0.4, 0.5) is 13.2 Å². The first-order valence-corrected chi connectivity index (χ1v) is 8.75. The predicted molar refractivity (Wildman–Crippen MR) is 94.5 cm³/mol. The lowest BCUT2D eigenvalue weighted by molar-refractivity contribution is -0.137. The van der Waals surface area contributed by atoms with Gasteiger partial charge in [-0.3, -0.25) is 0 Å². The van der Waals surface area contributed by atoms with Crippen LogP contribution in [-0.2, 0) is 12.7 Å². The van der Waals surface area contributed by atoms with Crippen LogP contribution in [0.25, 0.3) is 0 Å². The summed E-state index contributed by atoms with van der Waals surface area (Å²) < 4.78 is 37.8. The standard InChI is InChI=1S/C18H27F3N4/c1-3-22-17(24-12-15-5-4-10-25(2)13-15)23-11-14-6-8-16(9-7-14)18(19,20)21/h6-9,15H,3-5,10-13H2,1-2H3,(H2,22,23,24). The number of halogens is 3. The van der Waals surface area contributed by atoms with Gasteiger partial charge >= 0.3 is 6.18 Å². The Labute approximate surface area is 147 Å². The van der Waals surface area contributed by atoms with Crippen molar-refractivity contribution >= 4 is 5.96 Å². The molecule has 1 atom stereocenters. The van der Waals surface area contributed by atoms with E-state index in [1.807, 2.05) is 6.92 Å². The quantitative estimate of drug-likeness (QED) is 0.629. The molecular weight excluding hydrogens is 329 g/mol. The first-order valence-electron chi connectivity index (χ1n) is 8.75. The molecule has 1 unspecified atom stereocenters. The minimum absolute atomic E-state index is 0.345. The van der Waals surface area contributed by atoms with Crippen LogP contribution in [0.2, 0.25) is 0 Å². The molecule has 25 heavy (non-hydrogen) atoms. The highest BCUT2D eigenvalue weighted by atomic mass is 19.4. The third-order valence-electron chi connectivity index (χ3n) is 4.33. The van der Waals surface area contributed by atoms with Gasteiger partial charge in [0.05, 0.1) is 12.1 Å². The number of piperidine rings is 1. The number of likely N-dealkylation sites (tertiary alicyclic amines) is 1. The molecule has 140 valence electrons. The van der Waals surface area contributed by atoms with Crippen molar-refractivity contribution < 1.29 is 13.2 Å². The molecule has 1 aromatic rings. The lowest BCUT2D eigenvalue weighted by atomic mass is 9.99. The van der Waals surface area contributed by atoms with Gasteiger partial charge in [0.1, 0.15) is 0 Å². The molecule has 0 amide bonds. The van der Waals surface area contributed by atoms with Crippen molar-refractivity contribution in [1.29, 1.82) is 0 Å². The Balaban J connectivity index is 1.90. The average Bonchev–Trinajstić information content (AvgIpc) is 2.57. The smallest absolute Gasteiger partial charge is 0.357 e. The van der Waals surface area contributed by atoms with Crippen molar-refractivity contribution in [3.63, 3.8) is 0 Å². The first-order chi connectivity index (χ1) is 11.9. The fraction of sp³-hybridized carbons (Fsp3) is 0.611. The Kier molecular flexibility index (Phi) is 7.11. The largest absolute Gasteiger partial charge is 0.416 e. The van der Waals surface area contributed by atoms with E-state index in [0.29, 0.717) is 18.4 Å². The van der Waals surface area contributed by atoms with E-state index in [4.69, 9.17) is 0 Å². The molecule has 2 N–H and O–H groups in total. The Morgan fingerprint density at radius 3 is 2.56 bits per heavy atom. The maximum absolute atomic E-state index is 12.6. The lowest BCUT2D eigenvalue weighted by Crippen LogP contribution is -2.43. The summed E-state index contributed by atoms with van der Waals surface area (Å²) in [4.78, 5) is 6.81. The summed E-state index contributed by atoms with van der Waals surface area (Å²) in [5, 5.41) is 6.53.